The van der Waals surface area contributed by atoms with E-state index < -0.39 is 0 Å². The minimum Gasteiger partial charge on any atom is -0.305 e. The van der Waals surface area contributed by atoms with Crippen molar-refractivity contribution in [3.63, 3.8) is 0 Å². The van der Waals surface area contributed by atoms with E-state index in [4.69, 9.17) is 0 Å². The Kier molecular flexibility index (Phi) is 4.08. The van der Waals surface area contributed by atoms with Crippen LogP contribution in [-0.2, 0) is 0 Å². The van der Waals surface area contributed by atoms with E-state index in [0.29, 0.717) is 5.41 Å². The van der Waals surface area contributed by atoms with Crippen molar-refractivity contribution in [1.29, 1.82) is 0 Å². The fourth-order valence-corrected chi connectivity index (χ4v) is 3.48. The molecule has 0 spiro atoms. The minimum absolute atomic E-state index is 0.628. The van der Waals surface area contributed by atoms with Crippen molar-refractivity contribution in [2.75, 3.05) is 45.1 Å². The molecule has 1 aliphatic carbocycles. The van der Waals surface area contributed by atoms with Crippen LogP contribution in [0.2, 0.25) is 0 Å². The molecule has 0 aromatic rings. The van der Waals surface area contributed by atoms with E-state index in [1.807, 2.05) is 0 Å². The third-order valence-corrected chi connectivity index (χ3v) is 5.26. The molecule has 0 bridgehead atoms. The average Bonchev–Trinajstić information content (AvgIpc) is 2.37. The maximum Gasteiger partial charge on any atom is 0.0109 e. The number of likely N-dealkylation sites (N-methyl/N-ethyl adjacent to an activating group) is 1. The second-order valence-electron chi connectivity index (χ2n) is 5.42. The van der Waals surface area contributed by atoms with Gasteiger partial charge in [-0.25, -0.2) is 0 Å². The number of hydrogen-bond donors (Lipinski definition) is 0. The Bertz CT molecular complexity index is 198. The second-order valence-corrected chi connectivity index (χ2v) is 5.98. The molecule has 3 heteroatoms. The molecular weight excluding hydrogens is 252 g/mol. The molecule has 2 aliphatic rings. The zero-order valence-corrected chi connectivity index (χ0v) is 11.4. The lowest BCUT2D eigenvalue weighted by atomic mass is 9.70. The molecule has 0 amide bonds. The first kappa shape index (κ1) is 11.9. The van der Waals surface area contributed by atoms with Gasteiger partial charge in [0.15, 0.2) is 0 Å². The average molecular weight is 275 g/mol. The van der Waals surface area contributed by atoms with Crippen molar-refractivity contribution < 1.29 is 0 Å². The van der Waals surface area contributed by atoms with Gasteiger partial charge in [0.1, 0.15) is 0 Å². The van der Waals surface area contributed by atoms with Crippen LogP contribution in [0.1, 0.15) is 25.7 Å². The summed E-state index contributed by atoms with van der Waals surface area (Å²) < 4.78 is 0. The summed E-state index contributed by atoms with van der Waals surface area (Å²) in [6, 6.07) is 0. The molecule has 0 unspecified atom stereocenters. The van der Waals surface area contributed by atoms with Gasteiger partial charge in [0.25, 0.3) is 0 Å². The van der Waals surface area contributed by atoms with Crippen molar-refractivity contribution >= 4 is 15.9 Å². The Balaban J connectivity index is 1.82. The Hall–Kier alpha value is 0.400. The zero-order chi connectivity index (χ0) is 10.7. The standard InChI is InChI=1S/C12H23BrN2/c1-14-6-3-7-15(9-8-14)11-12(10-13)4-2-5-12/h2-11H2,1H3. The largest absolute Gasteiger partial charge is 0.305 e. The normalized spacial score (nSPS) is 28.4. The van der Waals surface area contributed by atoms with Gasteiger partial charge in [-0.1, -0.05) is 22.4 Å². The number of alkyl halides is 1. The second kappa shape index (κ2) is 5.15. The van der Waals surface area contributed by atoms with Crippen LogP contribution in [-0.4, -0.2) is 54.9 Å². The van der Waals surface area contributed by atoms with Gasteiger partial charge in [0, 0.05) is 25.0 Å². The highest BCUT2D eigenvalue weighted by molar-refractivity contribution is 9.09. The molecular formula is C12H23BrN2. The molecule has 0 radical (unpaired) electrons. The van der Waals surface area contributed by atoms with Crippen LogP contribution in [0.3, 0.4) is 0 Å². The molecule has 2 fully saturated rings. The summed E-state index contributed by atoms with van der Waals surface area (Å²) in [5.41, 5.74) is 0.628. The third kappa shape index (κ3) is 2.95. The van der Waals surface area contributed by atoms with E-state index >= 15 is 0 Å². The molecule has 88 valence electrons. The third-order valence-electron chi connectivity index (χ3n) is 4.07. The molecule has 2 nitrogen and oxygen atoms in total. The highest BCUT2D eigenvalue weighted by Crippen LogP contribution is 2.43. The van der Waals surface area contributed by atoms with Gasteiger partial charge in [-0.2, -0.15) is 0 Å². The predicted octanol–water partition coefficient (Wildman–Crippen LogP) is 2.19. The number of halogens is 1. The Morgan fingerprint density at radius 3 is 2.47 bits per heavy atom. The Labute approximate surface area is 102 Å². The molecule has 15 heavy (non-hydrogen) atoms. The van der Waals surface area contributed by atoms with Crippen LogP contribution in [0.5, 0.6) is 0 Å². The molecule has 0 atom stereocenters. The lowest BCUT2D eigenvalue weighted by Gasteiger charge is -2.44. The summed E-state index contributed by atoms with van der Waals surface area (Å²) in [7, 11) is 2.24. The number of nitrogens with zero attached hydrogens (tertiary/aromatic N) is 2. The summed E-state index contributed by atoms with van der Waals surface area (Å²) in [4.78, 5) is 5.14. The fourth-order valence-electron chi connectivity index (χ4n) is 2.74. The first-order valence-electron chi connectivity index (χ1n) is 6.21. The molecule has 0 aromatic carbocycles. The molecule has 0 aromatic heterocycles. The quantitative estimate of drug-likeness (QED) is 0.728. The molecule has 1 aliphatic heterocycles. The lowest BCUT2D eigenvalue weighted by Crippen LogP contribution is -2.44. The summed E-state index contributed by atoms with van der Waals surface area (Å²) >= 11 is 3.70. The molecule has 1 saturated carbocycles. The van der Waals surface area contributed by atoms with Crippen molar-refractivity contribution in [2.45, 2.75) is 25.7 Å². The van der Waals surface area contributed by atoms with Crippen LogP contribution >= 0.6 is 15.9 Å². The van der Waals surface area contributed by atoms with Gasteiger partial charge in [0.05, 0.1) is 0 Å². The zero-order valence-electron chi connectivity index (χ0n) is 9.84. The molecule has 1 heterocycles. The number of rotatable bonds is 3. The smallest absolute Gasteiger partial charge is 0.0109 e. The molecule has 1 saturated heterocycles. The van der Waals surface area contributed by atoms with Crippen molar-refractivity contribution in [2.24, 2.45) is 5.41 Å². The summed E-state index contributed by atoms with van der Waals surface area (Å²) in [6.45, 7) is 6.42. The van der Waals surface area contributed by atoms with E-state index in [0.717, 1.165) is 0 Å². The van der Waals surface area contributed by atoms with E-state index in [-0.39, 0.29) is 0 Å². The summed E-state index contributed by atoms with van der Waals surface area (Å²) in [6.07, 6.45) is 5.66. The molecule has 0 N–H and O–H groups in total. The molecule has 2 rings (SSSR count). The van der Waals surface area contributed by atoms with Crippen molar-refractivity contribution in [3.05, 3.63) is 0 Å². The predicted molar refractivity (Wildman–Crippen MR) is 68.6 cm³/mol. The van der Waals surface area contributed by atoms with Gasteiger partial charge < -0.3 is 9.80 Å². The van der Waals surface area contributed by atoms with E-state index in [1.54, 1.807) is 0 Å². The maximum atomic E-state index is 3.70. The summed E-state index contributed by atoms with van der Waals surface area (Å²) in [5.74, 6) is 0. The van der Waals surface area contributed by atoms with Gasteiger partial charge in [-0.15, -0.1) is 0 Å². The van der Waals surface area contributed by atoms with Gasteiger partial charge in [-0.3, -0.25) is 0 Å². The highest BCUT2D eigenvalue weighted by atomic mass is 79.9. The van der Waals surface area contributed by atoms with Gasteiger partial charge in [-0.05, 0) is 44.8 Å². The first-order chi connectivity index (χ1) is 7.24. The maximum absolute atomic E-state index is 3.70. The van der Waals surface area contributed by atoms with Crippen LogP contribution in [0.25, 0.3) is 0 Å². The number of hydrogen-bond acceptors (Lipinski definition) is 2. The highest BCUT2D eigenvalue weighted by Gasteiger charge is 2.37. The fraction of sp³-hybridized carbons (Fsp3) is 1.00. The van der Waals surface area contributed by atoms with Crippen molar-refractivity contribution in [3.8, 4) is 0 Å². The summed E-state index contributed by atoms with van der Waals surface area (Å²) in [5, 5.41) is 1.20. The lowest BCUT2D eigenvalue weighted by molar-refractivity contribution is 0.0936. The van der Waals surface area contributed by atoms with Crippen molar-refractivity contribution in [1.82, 2.24) is 9.80 Å². The van der Waals surface area contributed by atoms with E-state index in [2.05, 4.69) is 32.8 Å². The van der Waals surface area contributed by atoms with Gasteiger partial charge >= 0.3 is 0 Å². The SMILES string of the molecule is CN1CCCN(CC2(CBr)CCC2)CC1. The van der Waals surface area contributed by atoms with E-state index in [1.165, 1.54) is 63.7 Å². The minimum atomic E-state index is 0.628. The van der Waals surface area contributed by atoms with Crippen LogP contribution < -0.4 is 0 Å². The van der Waals surface area contributed by atoms with Crippen LogP contribution in [0.4, 0.5) is 0 Å². The Morgan fingerprint density at radius 1 is 1.07 bits per heavy atom. The topological polar surface area (TPSA) is 6.48 Å². The first-order valence-corrected chi connectivity index (χ1v) is 7.33. The van der Waals surface area contributed by atoms with Crippen LogP contribution in [0.15, 0.2) is 0 Å². The monoisotopic (exact) mass is 274 g/mol. The van der Waals surface area contributed by atoms with Gasteiger partial charge in [0.2, 0.25) is 0 Å². The van der Waals surface area contributed by atoms with E-state index in [9.17, 15) is 0 Å². The Morgan fingerprint density at radius 2 is 1.87 bits per heavy atom. The van der Waals surface area contributed by atoms with Crippen LogP contribution in [0, 0.1) is 5.41 Å².